The number of hydrogen-bond acceptors (Lipinski definition) is 11. The molecule has 0 bridgehead atoms. The normalized spacial score (nSPS) is 7.23. The Balaban J connectivity index is -0.0000000538. The number of hydrogen-bond donors (Lipinski definition) is 11. The summed E-state index contributed by atoms with van der Waals surface area (Å²) < 4.78 is 0. The van der Waals surface area contributed by atoms with Gasteiger partial charge in [-0.3, -0.25) is 0 Å². The highest BCUT2D eigenvalue weighted by Crippen LogP contribution is 2.30. The average molecular weight is 1390 g/mol. The van der Waals surface area contributed by atoms with E-state index in [2.05, 4.69) is 20.8 Å². The minimum atomic E-state index is -0.0764. The Hall–Kier alpha value is -8.44. The molecule has 8 rings (SSSR count). The number of aryl methyl sites for hydroxylation is 3. The van der Waals surface area contributed by atoms with E-state index < -0.39 is 0 Å². The van der Waals surface area contributed by atoms with Crippen molar-refractivity contribution in [3.63, 3.8) is 0 Å². The molecular formula is C88H160O11. The molecule has 0 unspecified atom stereocenters. The second-order valence-corrected chi connectivity index (χ2v) is 14.7. The van der Waals surface area contributed by atoms with Gasteiger partial charge >= 0.3 is 0 Å². The van der Waals surface area contributed by atoms with Crippen molar-refractivity contribution in [1.29, 1.82) is 0 Å². The van der Waals surface area contributed by atoms with E-state index in [1.807, 2.05) is 299 Å². The third-order valence-corrected chi connectivity index (χ3v) is 9.57. The van der Waals surface area contributed by atoms with E-state index in [9.17, 15) is 5.11 Å². The van der Waals surface area contributed by atoms with Gasteiger partial charge in [-0.1, -0.05) is 313 Å². The van der Waals surface area contributed by atoms with Crippen LogP contribution in [0.1, 0.15) is 266 Å². The fourth-order valence-electron chi connectivity index (χ4n) is 5.00. The van der Waals surface area contributed by atoms with Crippen molar-refractivity contribution in [2.45, 2.75) is 277 Å². The van der Waals surface area contributed by atoms with Gasteiger partial charge in [-0.25, -0.2) is 0 Å². The number of phenols is 11. The molecule has 0 aliphatic rings. The first-order chi connectivity index (χ1) is 47.7. The summed E-state index contributed by atoms with van der Waals surface area (Å²) >= 11 is 0. The number of phenolic OH excluding ortho intramolecular Hbond substituents is 11. The van der Waals surface area contributed by atoms with Gasteiger partial charge in [0.05, 0.1) is 0 Å². The predicted octanol–water partition coefficient (Wildman–Crippen LogP) is 29.1. The molecule has 11 nitrogen and oxygen atoms in total. The first-order valence-electron chi connectivity index (χ1n) is 36.8. The van der Waals surface area contributed by atoms with Crippen LogP contribution in [-0.4, -0.2) is 56.2 Å². The number of benzene rings is 8. The summed E-state index contributed by atoms with van der Waals surface area (Å²) in [6.07, 6.45) is 0. The largest absolute Gasteiger partial charge is 0.508 e. The fraction of sp³-hybridized carbons (Fsp3) is 0.455. The molecule has 0 aliphatic carbocycles. The predicted molar refractivity (Wildman–Crippen MR) is 449 cm³/mol. The highest BCUT2D eigenvalue weighted by molar-refractivity contribution is 5.52. The van der Waals surface area contributed by atoms with Crippen molar-refractivity contribution in [1.82, 2.24) is 0 Å². The lowest BCUT2D eigenvalue weighted by molar-refractivity contribution is 0.404. The summed E-state index contributed by atoms with van der Waals surface area (Å²) in [5, 5.41) is 96.9. The number of rotatable bonds is 0. The molecule has 0 amide bonds. The van der Waals surface area contributed by atoms with Crippen molar-refractivity contribution in [2.24, 2.45) is 0 Å². The summed E-state index contributed by atoms with van der Waals surface area (Å²) in [6.45, 7) is 79.8. The molecule has 0 radical (unpaired) electrons. The average Bonchev–Trinajstić information content (AvgIpc) is 0.831. The molecule has 11 N–H and O–H groups in total. The monoisotopic (exact) mass is 1390 g/mol. The molecule has 0 spiro atoms. The highest BCUT2D eigenvalue weighted by atomic mass is 16.3. The molecule has 8 aromatic carbocycles. The van der Waals surface area contributed by atoms with E-state index >= 15 is 0 Å². The molecule has 0 aromatic heterocycles. The zero-order chi connectivity index (χ0) is 82.5. The van der Waals surface area contributed by atoms with Crippen LogP contribution >= 0.6 is 0 Å². The van der Waals surface area contributed by atoms with Gasteiger partial charge < -0.3 is 56.2 Å². The van der Waals surface area contributed by atoms with E-state index in [0.29, 0.717) is 28.7 Å². The minimum absolute atomic E-state index is 0.0764. The van der Waals surface area contributed by atoms with Gasteiger partial charge in [-0.2, -0.15) is 0 Å². The molecule has 0 fully saturated rings. The van der Waals surface area contributed by atoms with Crippen LogP contribution in [0.15, 0.2) is 176 Å². The first kappa shape index (κ1) is 131. The minimum Gasteiger partial charge on any atom is -0.508 e. The van der Waals surface area contributed by atoms with Crippen LogP contribution in [0.25, 0.3) is 0 Å². The topological polar surface area (TPSA) is 223 Å². The molecule has 0 aliphatic heterocycles. The lowest BCUT2D eigenvalue weighted by atomic mass is 9.94. The van der Waals surface area contributed by atoms with Crippen molar-refractivity contribution >= 4 is 0 Å². The van der Waals surface area contributed by atoms with Gasteiger partial charge in [0.2, 0.25) is 0 Å². The number of para-hydroxylation sites is 7. The van der Waals surface area contributed by atoms with E-state index in [-0.39, 0.29) is 34.5 Å². The lowest BCUT2D eigenvalue weighted by Crippen LogP contribution is -1.95. The van der Waals surface area contributed by atoms with E-state index in [0.717, 1.165) is 27.8 Å². The van der Waals surface area contributed by atoms with Crippen LogP contribution < -0.4 is 0 Å². The van der Waals surface area contributed by atoms with Gasteiger partial charge in [0.15, 0.2) is 23.0 Å². The maximum atomic E-state index is 9.69. The van der Waals surface area contributed by atoms with Crippen LogP contribution in [0.5, 0.6) is 63.2 Å². The third kappa shape index (κ3) is 89.6. The zero-order valence-electron chi connectivity index (χ0n) is 71.2. The second kappa shape index (κ2) is 117. The van der Waals surface area contributed by atoms with Crippen molar-refractivity contribution in [2.75, 3.05) is 0 Å². The van der Waals surface area contributed by atoms with E-state index in [1.54, 1.807) is 84.9 Å². The Morgan fingerprint density at radius 3 is 0.505 bits per heavy atom. The summed E-state index contributed by atoms with van der Waals surface area (Å²) in [4.78, 5) is 0. The van der Waals surface area contributed by atoms with Crippen LogP contribution in [0, 0.1) is 55.4 Å². The van der Waals surface area contributed by atoms with Gasteiger partial charge in [0.25, 0.3) is 0 Å². The van der Waals surface area contributed by atoms with Crippen LogP contribution in [0.3, 0.4) is 0 Å². The molecule has 0 atom stereocenters. The van der Waals surface area contributed by atoms with E-state index in [1.165, 1.54) is 65.2 Å². The zero-order valence-corrected chi connectivity index (χ0v) is 71.2. The van der Waals surface area contributed by atoms with Crippen LogP contribution in [-0.2, 0) is 0 Å². The SMILES string of the molecule is CC.CC.CC.CC.CC.CC.CC.CC.CC.CC.CC.CC.CC.CC.CC.CC.Cc1c(C)c(C)c(O)c(C)c1C.Cc1ccc(C)c(O)c1.Cc1ccccc1O.Oc1ccc(O)cc1.Oc1ccccc1.Oc1ccccc1.Oc1ccccc1O.Oc1ccccc1O. The number of aromatic hydroxyl groups is 11. The van der Waals surface area contributed by atoms with Crippen molar-refractivity contribution in [3.05, 3.63) is 220 Å². The fourth-order valence-corrected chi connectivity index (χ4v) is 5.00. The third-order valence-electron chi connectivity index (χ3n) is 9.57. The molecular weight excluding hydrogens is 1230 g/mol. The van der Waals surface area contributed by atoms with Gasteiger partial charge in [0.1, 0.15) is 40.2 Å². The Morgan fingerprint density at radius 2 is 0.343 bits per heavy atom. The summed E-state index contributed by atoms with van der Waals surface area (Å²) in [7, 11) is 0. The van der Waals surface area contributed by atoms with Crippen LogP contribution in [0.2, 0.25) is 0 Å². The standard InChI is InChI=1S/C11H16O.C8H10O.C7H8O.3C6H6O2.2C6H6O.16C2H6/c1-6-7(2)9(4)11(12)10(5)8(6)3;1-6-3-4-7(2)8(9)5-6;1-6-4-2-3-5-7(6)8;7-5-1-2-6(8)4-3-5;2*7-5-3-1-2-4-6(5)8;2*7-6-4-2-1-3-5-6;16*1-2/h12H,1-5H3;3-5,9H,1-2H3;2-5,8H,1H3;3*1-4,7-8H;2*1-5,7H;16*1-2H3. The maximum absolute atomic E-state index is 9.69. The Morgan fingerprint density at radius 1 is 0.162 bits per heavy atom. The van der Waals surface area contributed by atoms with Crippen molar-refractivity contribution in [3.8, 4) is 63.2 Å². The Bertz CT molecular complexity index is 2290. The first-order valence-corrected chi connectivity index (χ1v) is 36.8. The van der Waals surface area contributed by atoms with Gasteiger partial charge in [-0.15, -0.1) is 0 Å². The molecule has 0 saturated heterocycles. The summed E-state index contributed by atoms with van der Waals surface area (Å²) in [5.74, 6) is 1.88. The molecule has 8 aromatic rings. The lowest BCUT2D eigenvalue weighted by Gasteiger charge is -2.13. The quantitative estimate of drug-likeness (QED) is 0.0506. The Labute approximate surface area is 613 Å². The molecule has 11 heteroatoms. The van der Waals surface area contributed by atoms with Gasteiger partial charge in [0, 0.05) is 0 Å². The highest BCUT2D eigenvalue weighted by Gasteiger charge is 2.10. The Kier molecular flexibility index (Phi) is 154. The smallest absolute Gasteiger partial charge is 0.157 e. The molecule has 99 heavy (non-hydrogen) atoms. The van der Waals surface area contributed by atoms with Crippen LogP contribution in [0.4, 0.5) is 0 Å². The summed E-state index contributed by atoms with van der Waals surface area (Å²) in [5.41, 5.74) is 8.67. The molecule has 578 valence electrons. The van der Waals surface area contributed by atoms with E-state index in [4.69, 9.17) is 51.1 Å². The molecule has 0 saturated carbocycles. The van der Waals surface area contributed by atoms with Crippen molar-refractivity contribution < 1.29 is 56.2 Å². The second-order valence-electron chi connectivity index (χ2n) is 14.7. The molecule has 0 heterocycles. The summed E-state index contributed by atoms with van der Waals surface area (Å²) in [6, 6.07) is 48.3. The van der Waals surface area contributed by atoms with Gasteiger partial charge in [-0.05, 0) is 185 Å². The maximum Gasteiger partial charge on any atom is 0.157 e.